The van der Waals surface area contributed by atoms with Crippen LogP contribution in [0.15, 0.2) is 12.1 Å². The smallest absolute Gasteiger partial charge is 0.286 e. The Morgan fingerprint density at radius 1 is 1.30 bits per heavy atom. The summed E-state index contributed by atoms with van der Waals surface area (Å²) in [6.45, 7) is 7.89. The number of hydrogen-bond acceptors (Lipinski definition) is 7. The van der Waals surface area contributed by atoms with Crippen LogP contribution in [0, 0.1) is 10.1 Å². The van der Waals surface area contributed by atoms with Crippen molar-refractivity contribution in [3.05, 3.63) is 27.8 Å². The number of aliphatic hydroxyl groups is 1. The molecule has 2 N–H and O–H groups in total. The fraction of sp³-hybridized carbons (Fsp3) is 0.650. The normalized spacial score (nSPS) is 19.7. The second-order valence-electron chi connectivity index (χ2n) is 8.96. The van der Waals surface area contributed by atoms with E-state index in [0.717, 1.165) is 0 Å². The molecule has 1 saturated heterocycles. The van der Waals surface area contributed by atoms with Crippen molar-refractivity contribution < 1.29 is 29.1 Å². The number of amides is 1. The molecule has 10 heteroatoms. The molecule has 9 nitrogen and oxygen atoms in total. The third-order valence-corrected chi connectivity index (χ3v) is 9.90. The maximum absolute atomic E-state index is 13.3. The number of nitro benzene ring substituents is 1. The molecule has 0 spiro atoms. The summed E-state index contributed by atoms with van der Waals surface area (Å²) in [5, 5.41) is 21.5. The van der Waals surface area contributed by atoms with Gasteiger partial charge in [-0.25, -0.2) is 0 Å². The van der Waals surface area contributed by atoms with E-state index in [1.54, 1.807) is 0 Å². The summed E-state index contributed by atoms with van der Waals surface area (Å²) in [7, 11) is 0.337. The third-order valence-electron chi connectivity index (χ3n) is 6.34. The van der Waals surface area contributed by atoms with Gasteiger partial charge in [0.15, 0.2) is 19.8 Å². The lowest BCUT2D eigenvalue weighted by Crippen LogP contribution is -2.41. The largest absolute Gasteiger partial charge is 0.493 e. The Morgan fingerprint density at radius 2 is 1.87 bits per heavy atom. The zero-order valence-corrected chi connectivity index (χ0v) is 19.5. The second-order valence-corrected chi connectivity index (χ2v) is 13.4. The van der Waals surface area contributed by atoms with Crippen molar-refractivity contribution in [1.82, 2.24) is 4.90 Å². The zero-order valence-electron chi connectivity index (χ0n) is 18.5. The Hall–Kier alpha value is -2.17. The minimum absolute atomic E-state index is 0.104. The molecule has 1 heterocycles. The third kappa shape index (κ3) is 4.93. The van der Waals surface area contributed by atoms with Gasteiger partial charge in [0.2, 0.25) is 0 Å². The number of β-amino-alcohol motifs (C(OH)–C–C–N with tert-alkyl or cyclic N) is 1. The zero-order chi connectivity index (χ0) is 22.9. The van der Waals surface area contributed by atoms with E-state index in [2.05, 4.69) is 0 Å². The highest BCUT2D eigenvalue weighted by Crippen LogP contribution is 2.42. The Bertz CT molecular complexity index is 807. The highest BCUT2D eigenvalue weighted by molar-refractivity contribution is 6.72. The molecule has 30 heavy (non-hydrogen) atoms. The monoisotopic (exact) mass is 440 g/mol. The number of nitro groups is 1. The molecule has 0 aliphatic carbocycles. The van der Waals surface area contributed by atoms with Crippen LogP contribution in [-0.4, -0.2) is 66.9 Å². The number of ether oxygens (including phenoxy) is 2. The molecule has 1 fully saturated rings. The molecule has 1 aliphatic heterocycles. The maximum atomic E-state index is 13.3. The maximum Gasteiger partial charge on any atom is 0.286 e. The summed E-state index contributed by atoms with van der Waals surface area (Å²) in [6.07, 6.45) is 0.975. The van der Waals surface area contributed by atoms with Gasteiger partial charge in [-0.1, -0.05) is 13.8 Å². The van der Waals surface area contributed by atoms with Crippen LogP contribution in [0.4, 0.5) is 5.69 Å². The SMILES string of the molecule is COc1cc(C(=O)N2C[C@H](O)C[C@H]2CCC(C)(C)[Si](C)(C)O)c([N+](=O)[O-])cc1OC. The molecule has 1 amide bonds. The number of benzene rings is 1. The molecule has 0 unspecified atom stereocenters. The van der Waals surface area contributed by atoms with Crippen LogP contribution in [0.2, 0.25) is 18.1 Å². The molecule has 2 atom stereocenters. The van der Waals surface area contributed by atoms with Gasteiger partial charge in [0, 0.05) is 18.7 Å². The van der Waals surface area contributed by atoms with E-state index in [0.29, 0.717) is 19.3 Å². The average molecular weight is 441 g/mol. The summed E-state index contributed by atoms with van der Waals surface area (Å²) in [5.41, 5.74) is -0.477. The van der Waals surface area contributed by atoms with E-state index < -0.39 is 25.3 Å². The predicted molar refractivity (Wildman–Crippen MR) is 115 cm³/mol. The van der Waals surface area contributed by atoms with Crippen LogP contribution in [0.1, 0.15) is 43.5 Å². The van der Waals surface area contributed by atoms with E-state index in [4.69, 9.17) is 9.47 Å². The number of hydrogen-bond donors (Lipinski definition) is 2. The number of aliphatic hydroxyl groups excluding tert-OH is 1. The second kappa shape index (κ2) is 8.91. The first kappa shape index (κ1) is 24.1. The van der Waals surface area contributed by atoms with Crippen molar-refractivity contribution in [2.75, 3.05) is 20.8 Å². The summed E-state index contributed by atoms with van der Waals surface area (Å²) in [5.74, 6) is -0.143. The number of methoxy groups -OCH3 is 2. The first-order valence-electron chi connectivity index (χ1n) is 9.94. The minimum atomic E-state index is -2.42. The molecule has 0 aromatic heterocycles. The van der Waals surface area contributed by atoms with Crippen LogP contribution in [0.3, 0.4) is 0 Å². The van der Waals surface area contributed by atoms with E-state index in [1.165, 1.54) is 31.3 Å². The molecule has 1 aliphatic rings. The highest BCUT2D eigenvalue weighted by atomic mass is 28.4. The van der Waals surface area contributed by atoms with Gasteiger partial charge >= 0.3 is 0 Å². The van der Waals surface area contributed by atoms with Gasteiger partial charge in [-0.3, -0.25) is 14.9 Å². The number of carbonyl (C=O) groups excluding carboxylic acids is 1. The number of rotatable bonds is 8. The van der Waals surface area contributed by atoms with Gasteiger partial charge in [-0.05, 0) is 37.4 Å². The summed E-state index contributed by atoms with van der Waals surface area (Å²) in [4.78, 5) is 36.3. The minimum Gasteiger partial charge on any atom is -0.493 e. The summed E-state index contributed by atoms with van der Waals surface area (Å²) in [6, 6.07) is 2.22. The van der Waals surface area contributed by atoms with Crippen molar-refractivity contribution >= 4 is 19.9 Å². The summed E-state index contributed by atoms with van der Waals surface area (Å²) < 4.78 is 10.3. The van der Waals surface area contributed by atoms with Crippen LogP contribution < -0.4 is 9.47 Å². The lowest BCUT2D eigenvalue weighted by Gasteiger charge is -2.36. The first-order valence-corrected chi connectivity index (χ1v) is 12.9. The number of nitrogens with zero attached hydrogens (tertiary/aromatic N) is 2. The summed E-state index contributed by atoms with van der Waals surface area (Å²) >= 11 is 0. The lowest BCUT2D eigenvalue weighted by molar-refractivity contribution is -0.385. The van der Waals surface area contributed by atoms with E-state index in [-0.39, 0.29) is 40.4 Å². The van der Waals surface area contributed by atoms with Crippen LogP contribution in [-0.2, 0) is 0 Å². The van der Waals surface area contributed by atoms with Crippen molar-refractivity contribution in [3.8, 4) is 11.5 Å². The van der Waals surface area contributed by atoms with Crippen LogP contribution in [0.25, 0.3) is 0 Å². The Morgan fingerprint density at radius 3 is 2.37 bits per heavy atom. The molecule has 0 bridgehead atoms. The van der Waals surface area contributed by atoms with Gasteiger partial charge in [-0.15, -0.1) is 0 Å². The van der Waals surface area contributed by atoms with E-state index >= 15 is 0 Å². The van der Waals surface area contributed by atoms with Gasteiger partial charge < -0.3 is 24.3 Å². The van der Waals surface area contributed by atoms with E-state index in [9.17, 15) is 24.8 Å². The molecule has 2 rings (SSSR count). The Labute approximate surface area is 177 Å². The standard InChI is InChI=1S/C20H32N2O7Si/c1-20(2,30(5,6)27)8-7-13-9-14(23)12-21(13)19(24)15-10-17(28-3)18(29-4)11-16(15)22(25)26/h10-11,13-14,23,27H,7-9,12H2,1-6H3/t13-,14-/m1/s1. The van der Waals surface area contributed by atoms with Crippen molar-refractivity contribution in [2.45, 2.75) is 63.4 Å². The molecule has 0 radical (unpaired) electrons. The van der Waals surface area contributed by atoms with Gasteiger partial charge in [0.05, 0.1) is 31.3 Å². The first-order chi connectivity index (χ1) is 13.8. The molecule has 1 aromatic rings. The molecule has 1 aromatic carbocycles. The average Bonchev–Trinajstić information content (AvgIpc) is 3.04. The molecular formula is C20H32N2O7Si. The topological polar surface area (TPSA) is 122 Å². The Kier molecular flexibility index (Phi) is 7.15. The quantitative estimate of drug-likeness (QED) is 0.362. The van der Waals surface area contributed by atoms with Crippen LogP contribution in [0.5, 0.6) is 11.5 Å². The molecular weight excluding hydrogens is 408 g/mol. The molecule has 0 saturated carbocycles. The fourth-order valence-corrected chi connectivity index (χ4v) is 4.35. The lowest BCUT2D eigenvalue weighted by atomic mass is 9.99. The van der Waals surface area contributed by atoms with Crippen molar-refractivity contribution in [2.24, 2.45) is 0 Å². The van der Waals surface area contributed by atoms with Crippen molar-refractivity contribution in [1.29, 1.82) is 0 Å². The fourth-order valence-electron chi connectivity index (χ4n) is 3.59. The van der Waals surface area contributed by atoms with Gasteiger partial charge in [0.25, 0.3) is 11.6 Å². The van der Waals surface area contributed by atoms with Crippen molar-refractivity contribution in [3.63, 3.8) is 0 Å². The van der Waals surface area contributed by atoms with Crippen LogP contribution >= 0.6 is 0 Å². The van der Waals surface area contributed by atoms with Gasteiger partial charge in [-0.2, -0.15) is 0 Å². The van der Waals surface area contributed by atoms with E-state index in [1.807, 2.05) is 26.9 Å². The predicted octanol–water partition coefficient (Wildman–Crippen LogP) is 2.95. The highest BCUT2D eigenvalue weighted by Gasteiger charge is 2.42. The number of likely N-dealkylation sites (tertiary alicyclic amines) is 1. The van der Waals surface area contributed by atoms with Gasteiger partial charge in [0.1, 0.15) is 5.56 Å². The Balaban J connectivity index is 2.35. The molecule has 168 valence electrons. The number of carbonyl (C=O) groups is 1.